The lowest BCUT2D eigenvalue weighted by atomic mass is 10.0. The van der Waals surface area contributed by atoms with E-state index in [4.69, 9.17) is 0 Å². The summed E-state index contributed by atoms with van der Waals surface area (Å²) in [6, 6.07) is 4.90. The van der Waals surface area contributed by atoms with E-state index in [2.05, 4.69) is 22.5 Å². The molecule has 3 heterocycles. The van der Waals surface area contributed by atoms with Crippen molar-refractivity contribution >= 4 is 23.6 Å². The van der Waals surface area contributed by atoms with Crippen molar-refractivity contribution in [2.75, 3.05) is 19.6 Å². The van der Waals surface area contributed by atoms with Crippen molar-refractivity contribution in [2.24, 2.45) is 0 Å². The smallest absolute Gasteiger partial charge is 0.262 e. The summed E-state index contributed by atoms with van der Waals surface area (Å²) >= 11 is 0. The summed E-state index contributed by atoms with van der Waals surface area (Å²) in [5, 5.41) is 5.72. The van der Waals surface area contributed by atoms with E-state index in [1.807, 2.05) is 6.07 Å². The monoisotopic (exact) mass is 398 g/mol. The molecule has 29 heavy (non-hydrogen) atoms. The molecule has 2 unspecified atom stereocenters. The number of carbonyl (C=O) groups excluding carboxylic acids is 4. The van der Waals surface area contributed by atoms with Crippen LogP contribution >= 0.6 is 0 Å². The highest BCUT2D eigenvalue weighted by Crippen LogP contribution is 2.28. The highest BCUT2D eigenvalue weighted by atomic mass is 16.2. The number of hydrogen-bond donors (Lipinski definition) is 2. The van der Waals surface area contributed by atoms with E-state index in [1.165, 1.54) is 12.8 Å². The molecule has 0 spiro atoms. The SMILES string of the molecule is CCN(Cc1ccc2c(c1)C(=O)N(C1CCC(=O)NC1=O)C2=O)CC1CCCN1. The lowest BCUT2D eigenvalue weighted by Gasteiger charge is -2.27. The fraction of sp³-hybridized carbons (Fsp3) is 0.524. The minimum Gasteiger partial charge on any atom is -0.313 e. The van der Waals surface area contributed by atoms with E-state index in [-0.39, 0.29) is 18.7 Å². The Bertz CT molecular complexity index is 862. The number of amides is 4. The molecule has 0 aliphatic carbocycles. The van der Waals surface area contributed by atoms with Gasteiger partial charge in [-0.05, 0) is 50.0 Å². The van der Waals surface area contributed by atoms with Crippen LogP contribution in [0, 0.1) is 0 Å². The Hall–Kier alpha value is -2.58. The summed E-state index contributed by atoms with van der Waals surface area (Å²) < 4.78 is 0. The Morgan fingerprint density at radius 2 is 1.90 bits per heavy atom. The number of imide groups is 2. The Morgan fingerprint density at radius 3 is 2.59 bits per heavy atom. The number of hydrogen-bond acceptors (Lipinski definition) is 6. The number of fused-ring (bicyclic) bond motifs is 1. The van der Waals surface area contributed by atoms with Gasteiger partial charge >= 0.3 is 0 Å². The normalized spacial score (nSPS) is 24.4. The third-order valence-corrected chi connectivity index (χ3v) is 6.00. The lowest BCUT2D eigenvalue weighted by molar-refractivity contribution is -0.136. The third-order valence-electron chi connectivity index (χ3n) is 6.00. The average molecular weight is 398 g/mol. The molecule has 4 rings (SSSR count). The van der Waals surface area contributed by atoms with Crippen LogP contribution < -0.4 is 10.6 Å². The van der Waals surface area contributed by atoms with Crippen molar-refractivity contribution in [3.05, 3.63) is 34.9 Å². The second-order valence-electron chi connectivity index (χ2n) is 7.95. The first-order chi connectivity index (χ1) is 14.0. The maximum absolute atomic E-state index is 12.9. The standard InChI is InChI=1S/C21H26N4O4/c1-2-24(12-14-4-3-9-22-14)11-13-5-6-15-16(10-13)21(29)25(20(15)28)17-7-8-18(26)23-19(17)27/h5-6,10,14,17,22H,2-4,7-9,11-12H2,1H3,(H,23,26,27). The molecule has 3 aliphatic heterocycles. The van der Waals surface area contributed by atoms with Gasteiger partial charge in [-0.15, -0.1) is 0 Å². The molecular formula is C21H26N4O4. The van der Waals surface area contributed by atoms with Crippen molar-refractivity contribution in [1.29, 1.82) is 0 Å². The second-order valence-corrected chi connectivity index (χ2v) is 7.95. The summed E-state index contributed by atoms with van der Waals surface area (Å²) in [5.74, 6) is -1.88. The Morgan fingerprint density at radius 1 is 1.10 bits per heavy atom. The van der Waals surface area contributed by atoms with Crippen molar-refractivity contribution in [3.63, 3.8) is 0 Å². The van der Waals surface area contributed by atoms with Gasteiger partial charge in [0, 0.05) is 25.6 Å². The number of rotatable bonds is 6. The second kappa shape index (κ2) is 8.04. The Labute approximate surface area is 169 Å². The number of likely N-dealkylation sites (N-methyl/N-ethyl adjacent to an activating group) is 1. The first kappa shape index (κ1) is 19.7. The molecule has 2 N–H and O–H groups in total. The molecule has 8 heteroatoms. The van der Waals surface area contributed by atoms with Crippen molar-refractivity contribution in [2.45, 2.75) is 51.2 Å². The summed E-state index contributed by atoms with van der Waals surface area (Å²) in [4.78, 5) is 52.6. The van der Waals surface area contributed by atoms with Gasteiger partial charge < -0.3 is 5.32 Å². The van der Waals surface area contributed by atoms with Crippen LogP contribution in [0.25, 0.3) is 0 Å². The van der Waals surface area contributed by atoms with Gasteiger partial charge in [0.15, 0.2) is 0 Å². The average Bonchev–Trinajstić information content (AvgIpc) is 3.29. The number of nitrogens with one attached hydrogen (secondary N) is 2. The molecule has 2 fully saturated rings. The number of piperidine rings is 1. The summed E-state index contributed by atoms with van der Waals surface area (Å²) in [5.41, 5.74) is 1.63. The number of carbonyl (C=O) groups is 4. The molecule has 0 saturated carbocycles. The predicted octanol–water partition coefficient (Wildman–Crippen LogP) is 0.662. The van der Waals surface area contributed by atoms with Crippen molar-refractivity contribution in [3.8, 4) is 0 Å². The van der Waals surface area contributed by atoms with Crippen LogP contribution in [0.3, 0.4) is 0 Å². The molecule has 3 aliphatic rings. The van der Waals surface area contributed by atoms with Crippen LogP contribution in [0.1, 0.15) is 58.9 Å². The van der Waals surface area contributed by atoms with E-state index in [0.717, 1.165) is 30.1 Å². The van der Waals surface area contributed by atoms with Crippen LogP contribution in [-0.4, -0.2) is 65.1 Å². The molecule has 1 aromatic rings. The van der Waals surface area contributed by atoms with Crippen LogP contribution in [0.2, 0.25) is 0 Å². The van der Waals surface area contributed by atoms with Crippen LogP contribution in [0.5, 0.6) is 0 Å². The third kappa shape index (κ3) is 3.82. The zero-order chi connectivity index (χ0) is 20.5. The molecule has 0 radical (unpaired) electrons. The number of benzene rings is 1. The molecule has 1 aromatic carbocycles. The van der Waals surface area contributed by atoms with Gasteiger partial charge in [0.2, 0.25) is 11.8 Å². The Balaban J connectivity index is 1.50. The van der Waals surface area contributed by atoms with E-state index in [1.54, 1.807) is 12.1 Å². The van der Waals surface area contributed by atoms with Gasteiger partial charge in [-0.1, -0.05) is 13.0 Å². The molecular weight excluding hydrogens is 372 g/mol. The highest BCUT2D eigenvalue weighted by Gasteiger charge is 2.44. The topological polar surface area (TPSA) is 98.8 Å². The molecule has 2 atom stereocenters. The zero-order valence-electron chi connectivity index (χ0n) is 16.6. The van der Waals surface area contributed by atoms with Gasteiger partial charge in [-0.2, -0.15) is 0 Å². The zero-order valence-corrected chi connectivity index (χ0v) is 16.6. The fourth-order valence-electron chi connectivity index (χ4n) is 4.40. The maximum atomic E-state index is 12.9. The minimum absolute atomic E-state index is 0.121. The summed E-state index contributed by atoms with van der Waals surface area (Å²) in [6.45, 7) is 5.71. The van der Waals surface area contributed by atoms with Gasteiger partial charge in [-0.25, -0.2) is 0 Å². The first-order valence-corrected chi connectivity index (χ1v) is 10.3. The van der Waals surface area contributed by atoms with E-state index in [0.29, 0.717) is 23.7 Å². The quantitative estimate of drug-likeness (QED) is 0.683. The lowest BCUT2D eigenvalue weighted by Crippen LogP contribution is -2.54. The number of nitrogens with zero attached hydrogens (tertiary/aromatic N) is 2. The van der Waals surface area contributed by atoms with E-state index in [9.17, 15) is 19.2 Å². The first-order valence-electron chi connectivity index (χ1n) is 10.3. The minimum atomic E-state index is -0.927. The van der Waals surface area contributed by atoms with E-state index < -0.39 is 23.8 Å². The largest absolute Gasteiger partial charge is 0.313 e. The van der Waals surface area contributed by atoms with Crippen molar-refractivity contribution in [1.82, 2.24) is 20.4 Å². The van der Waals surface area contributed by atoms with Gasteiger partial charge in [-0.3, -0.25) is 34.3 Å². The highest BCUT2D eigenvalue weighted by molar-refractivity contribution is 6.23. The van der Waals surface area contributed by atoms with Crippen molar-refractivity contribution < 1.29 is 19.2 Å². The van der Waals surface area contributed by atoms with Gasteiger partial charge in [0.05, 0.1) is 11.1 Å². The summed E-state index contributed by atoms with van der Waals surface area (Å²) in [6.07, 6.45) is 2.67. The molecule has 2 saturated heterocycles. The van der Waals surface area contributed by atoms with Crippen LogP contribution in [0.15, 0.2) is 18.2 Å². The molecule has 0 aromatic heterocycles. The van der Waals surface area contributed by atoms with Crippen LogP contribution in [0.4, 0.5) is 0 Å². The van der Waals surface area contributed by atoms with Gasteiger partial charge in [0.1, 0.15) is 6.04 Å². The molecule has 154 valence electrons. The van der Waals surface area contributed by atoms with Crippen LogP contribution in [-0.2, 0) is 16.1 Å². The predicted molar refractivity (Wildman–Crippen MR) is 105 cm³/mol. The van der Waals surface area contributed by atoms with Gasteiger partial charge in [0.25, 0.3) is 11.8 Å². The van der Waals surface area contributed by atoms with E-state index >= 15 is 0 Å². The molecule has 4 amide bonds. The Kier molecular flexibility index (Phi) is 5.47. The molecule has 8 nitrogen and oxygen atoms in total. The molecule has 0 bridgehead atoms. The summed E-state index contributed by atoms with van der Waals surface area (Å²) in [7, 11) is 0. The fourth-order valence-corrected chi connectivity index (χ4v) is 4.40. The maximum Gasteiger partial charge on any atom is 0.262 e.